The van der Waals surface area contributed by atoms with E-state index in [0.717, 1.165) is 13.1 Å². The molecule has 1 aromatic rings. The van der Waals surface area contributed by atoms with Gasteiger partial charge in [0, 0.05) is 30.0 Å². The Hall–Kier alpha value is -0.510. The van der Waals surface area contributed by atoms with E-state index in [9.17, 15) is 5.11 Å². The lowest BCUT2D eigenvalue weighted by Gasteiger charge is -2.43. The molecule has 3 heteroatoms. The van der Waals surface area contributed by atoms with Crippen molar-refractivity contribution in [1.82, 2.24) is 4.90 Å². The third-order valence-electron chi connectivity index (χ3n) is 3.97. The summed E-state index contributed by atoms with van der Waals surface area (Å²) in [5, 5.41) is 9.49. The van der Waals surface area contributed by atoms with E-state index >= 15 is 0 Å². The summed E-state index contributed by atoms with van der Waals surface area (Å²) in [5.41, 5.74) is 1.54. The number of nitrogens with zero attached hydrogens (tertiary/aromatic N) is 1. The summed E-state index contributed by atoms with van der Waals surface area (Å²) in [5.74, 6) is 0. The predicted octanol–water partition coefficient (Wildman–Crippen LogP) is 3.00. The summed E-state index contributed by atoms with van der Waals surface area (Å²) in [6.07, 6.45) is 5.73. The van der Waals surface area contributed by atoms with Gasteiger partial charge in [-0.3, -0.25) is 0 Å². The van der Waals surface area contributed by atoms with Gasteiger partial charge in [0.25, 0.3) is 0 Å². The second-order valence-corrected chi connectivity index (χ2v) is 6.41. The van der Waals surface area contributed by atoms with Crippen LogP contribution >= 0.6 is 11.8 Å². The molecule has 2 rings (SSSR count). The molecule has 0 bridgehead atoms. The fourth-order valence-corrected chi connectivity index (χ4v) is 3.12. The molecule has 0 radical (unpaired) electrons. The molecule has 1 saturated carbocycles. The fraction of sp³-hybridized carbons (Fsp3) is 0.600. The lowest BCUT2D eigenvalue weighted by atomic mass is 9.69. The zero-order chi connectivity index (χ0) is 13.0. The second kappa shape index (κ2) is 6.09. The van der Waals surface area contributed by atoms with Crippen LogP contribution in [0.25, 0.3) is 0 Å². The van der Waals surface area contributed by atoms with Crippen LogP contribution in [0.15, 0.2) is 29.2 Å². The smallest absolute Gasteiger partial charge is 0.0499 e. The minimum atomic E-state index is 0.188. The molecular formula is C15H23NOS. The van der Waals surface area contributed by atoms with Crippen LogP contribution in [0.3, 0.4) is 0 Å². The van der Waals surface area contributed by atoms with Gasteiger partial charge < -0.3 is 10.0 Å². The lowest BCUT2D eigenvalue weighted by Crippen LogP contribution is -2.43. The Morgan fingerprint density at radius 3 is 2.39 bits per heavy atom. The molecule has 0 saturated heterocycles. The number of benzene rings is 1. The van der Waals surface area contributed by atoms with E-state index in [1.165, 1.54) is 29.7 Å². The zero-order valence-electron chi connectivity index (χ0n) is 11.4. The van der Waals surface area contributed by atoms with Crippen LogP contribution in [0.5, 0.6) is 0 Å². The maximum absolute atomic E-state index is 9.49. The molecule has 1 aliphatic carbocycles. The van der Waals surface area contributed by atoms with Crippen LogP contribution in [-0.2, 0) is 6.54 Å². The molecule has 0 aliphatic heterocycles. The fourth-order valence-electron chi connectivity index (χ4n) is 2.71. The first kappa shape index (κ1) is 13.9. The quantitative estimate of drug-likeness (QED) is 0.800. The van der Waals surface area contributed by atoms with Gasteiger partial charge in [0.2, 0.25) is 0 Å². The van der Waals surface area contributed by atoms with Crippen LogP contribution in [-0.4, -0.2) is 36.5 Å². The Labute approximate surface area is 114 Å². The number of rotatable bonds is 6. The summed E-state index contributed by atoms with van der Waals surface area (Å²) in [6, 6.07) is 8.77. The first-order chi connectivity index (χ1) is 8.67. The van der Waals surface area contributed by atoms with E-state index in [1.54, 1.807) is 11.8 Å². The van der Waals surface area contributed by atoms with Crippen molar-refractivity contribution in [3.8, 4) is 0 Å². The second-order valence-electron chi connectivity index (χ2n) is 5.53. The van der Waals surface area contributed by atoms with Crippen LogP contribution in [0.4, 0.5) is 0 Å². The average Bonchev–Trinajstić information content (AvgIpc) is 2.35. The Kier molecular flexibility index (Phi) is 4.71. The van der Waals surface area contributed by atoms with Gasteiger partial charge in [-0.15, -0.1) is 11.8 Å². The minimum Gasteiger partial charge on any atom is -0.396 e. The van der Waals surface area contributed by atoms with Crippen LogP contribution in [0.1, 0.15) is 24.8 Å². The molecule has 1 aliphatic rings. The first-order valence-corrected chi connectivity index (χ1v) is 7.82. The Bertz CT molecular complexity index is 367. The summed E-state index contributed by atoms with van der Waals surface area (Å²) >= 11 is 1.78. The summed E-state index contributed by atoms with van der Waals surface area (Å²) < 4.78 is 0. The SMILES string of the molecule is CSc1ccc(CN(C)CC2(CO)CCC2)cc1. The molecule has 0 unspecified atom stereocenters. The van der Waals surface area contributed by atoms with E-state index in [-0.39, 0.29) is 5.41 Å². The molecule has 1 aromatic carbocycles. The summed E-state index contributed by atoms with van der Waals surface area (Å²) in [7, 11) is 2.15. The number of aliphatic hydroxyl groups is 1. The van der Waals surface area contributed by atoms with E-state index in [0.29, 0.717) is 6.61 Å². The van der Waals surface area contributed by atoms with Gasteiger partial charge >= 0.3 is 0 Å². The molecule has 1 N–H and O–H groups in total. The van der Waals surface area contributed by atoms with Crippen molar-refractivity contribution in [1.29, 1.82) is 0 Å². The van der Waals surface area contributed by atoms with E-state index in [4.69, 9.17) is 0 Å². The largest absolute Gasteiger partial charge is 0.396 e. The third-order valence-corrected chi connectivity index (χ3v) is 4.71. The number of thioether (sulfide) groups is 1. The Balaban J connectivity index is 1.88. The highest BCUT2D eigenvalue weighted by Crippen LogP contribution is 2.40. The summed E-state index contributed by atoms with van der Waals surface area (Å²) in [4.78, 5) is 3.65. The Morgan fingerprint density at radius 2 is 1.94 bits per heavy atom. The third kappa shape index (κ3) is 3.28. The Morgan fingerprint density at radius 1 is 1.28 bits per heavy atom. The predicted molar refractivity (Wildman–Crippen MR) is 77.9 cm³/mol. The zero-order valence-corrected chi connectivity index (χ0v) is 12.2. The van der Waals surface area contributed by atoms with Crippen molar-refractivity contribution >= 4 is 11.8 Å². The lowest BCUT2D eigenvalue weighted by molar-refractivity contribution is 0.0127. The van der Waals surface area contributed by atoms with Crippen molar-refractivity contribution in [3.05, 3.63) is 29.8 Å². The standard InChI is InChI=1S/C15H23NOS/c1-16(11-15(12-17)8-3-9-15)10-13-4-6-14(18-2)7-5-13/h4-7,17H,3,8-12H2,1-2H3. The van der Waals surface area contributed by atoms with Crippen molar-refractivity contribution < 1.29 is 5.11 Å². The van der Waals surface area contributed by atoms with Gasteiger partial charge in [-0.25, -0.2) is 0 Å². The average molecular weight is 265 g/mol. The molecule has 0 spiro atoms. The van der Waals surface area contributed by atoms with Crippen LogP contribution < -0.4 is 0 Å². The highest BCUT2D eigenvalue weighted by atomic mass is 32.2. The van der Waals surface area contributed by atoms with Crippen LogP contribution in [0.2, 0.25) is 0 Å². The molecule has 1 fully saturated rings. The monoisotopic (exact) mass is 265 g/mol. The first-order valence-electron chi connectivity index (χ1n) is 6.60. The molecule has 0 atom stereocenters. The minimum absolute atomic E-state index is 0.188. The van der Waals surface area contributed by atoms with Crippen molar-refractivity contribution in [2.75, 3.05) is 26.5 Å². The van der Waals surface area contributed by atoms with Gasteiger partial charge in [-0.1, -0.05) is 18.6 Å². The molecule has 0 aromatic heterocycles. The summed E-state index contributed by atoms with van der Waals surface area (Å²) in [6.45, 7) is 2.31. The van der Waals surface area contributed by atoms with E-state index < -0.39 is 0 Å². The maximum Gasteiger partial charge on any atom is 0.0499 e. The van der Waals surface area contributed by atoms with Gasteiger partial charge in [0.1, 0.15) is 0 Å². The van der Waals surface area contributed by atoms with Gasteiger partial charge in [-0.05, 0) is 43.8 Å². The molecule has 100 valence electrons. The molecule has 18 heavy (non-hydrogen) atoms. The number of hydrogen-bond donors (Lipinski definition) is 1. The van der Waals surface area contributed by atoms with E-state index in [1.807, 2.05) is 0 Å². The number of aliphatic hydroxyl groups excluding tert-OH is 1. The molecule has 2 nitrogen and oxygen atoms in total. The van der Waals surface area contributed by atoms with Gasteiger partial charge in [0.05, 0.1) is 0 Å². The van der Waals surface area contributed by atoms with E-state index in [2.05, 4.69) is 42.5 Å². The number of hydrogen-bond acceptors (Lipinski definition) is 3. The highest BCUT2D eigenvalue weighted by Gasteiger charge is 2.37. The van der Waals surface area contributed by atoms with Crippen LogP contribution in [0, 0.1) is 5.41 Å². The topological polar surface area (TPSA) is 23.5 Å². The van der Waals surface area contributed by atoms with Crippen molar-refractivity contribution in [2.24, 2.45) is 5.41 Å². The van der Waals surface area contributed by atoms with Crippen molar-refractivity contribution in [3.63, 3.8) is 0 Å². The highest BCUT2D eigenvalue weighted by molar-refractivity contribution is 7.98. The van der Waals surface area contributed by atoms with Crippen molar-refractivity contribution in [2.45, 2.75) is 30.7 Å². The molecule has 0 heterocycles. The molecular weight excluding hydrogens is 242 g/mol. The van der Waals surface area contributed by atoms with Gasteiger partial charge in [-0.2, -0.15) is 0 Å². The maximum atomic E-state index is 9.49. The van der Waals surface area contributed by atoms with Gasteiger partial charge in [0.15, 0.2) is 0 Å². The molecule has 0 amide bonds. The normalized spacial score (nSPS) is 17.8.